The number of ether oxygens (including phenoxy) is 1. The van der Waals surface area contributed by atoms with E-state index in [9.17, 15) is 22.8 Å². The van der Waals surface area contributed by atoms with Crippen LogP contribution in [0.1, 0.15) is 27.6 Å². The SMILES string of the molecule is CC(=O)c1c(C=O)cc(Cl)cc1OC(F)(F)F. The highest BCUT2D eigenvalue weighted by atomic mass is 35.5. The maximum Gasteiger partial charge on any atom is 0.573 e. The lowest BCUT2D eigenvalue weighted by Gasteiger charge is -2.13. The quantitative estimate of drug-likeness (QED) is 0.623. The molecule has 0 aliphatic carbocycles. The fourth-order valence-corrected chi connectivity index (χ4v) is 1.49. The monoisotopic (exact) mass is 266 g/mol. The van der Waals surface area contributed by atoms with Crippen molar-refractivity contribution in [1.29, 1.82) is 0 Å². The van der Waals surface area contributed by atoms with E-state index in [1.165, 1.54) is 0 Å². The molecular weight excluding hydrogens is 261 g/mol. The van der Waals surface area contributed by atoms with Crippen LogP contribution in [0.2, 0.25) is 5.02 Å². The number of halogens is 4. The Balaban J connectivity index is 3.41. The molecule has 0 saturated carbocycles. The van der Waals surface area contributed by atoms with Crippen LogP contribution in [-0.4, -0.2) is 18.4 Å². The zero-order chi connectivity index (χ0) is 13.2. The molecule has 1 aromatic rings. The van der Waals surface area contributed by atoms with E-state index < -0.39 is 23.5 Å². The number of Topliss-reactive ketones (excluding diaryl/α,β-unsaturated/α-hetero) is 1. The Morgan fingerprint density at radius 3 is 2.41 bits per heavy atom. The van der Waals surface area contributed by atoms with Gasteiger partial charge in [0, 0.05) is 10.6 Å². The average Bonchev–Trinajstić information content (AvgIpc) is 2.12. The van der Waals surface area contributed by atoms with Crippen LogP contribution in [0, 0.1) is 0 Å². The predicted octanol–water partition coefficient (Wildman–Crippen LogP) is 3.25. The molecule has 0 bridgehead atoms. The zero-order valence-electron chi connectivity index (χ0n) is 8.47. The standard InChI is InChI=1S/C10H6ClF3O3/c1-5(16)9-6(4-15)2-7(11)3-8(9)17-10(12,13)14/h2-4H,1H3. The molecule has 0 N–H and O–H groups in total. The fourth-order valence-electron chi connectivity index (χ4n) is 1.28. The summed E-state index contributed by atoms with van der Waals surface area (Å²) >= 11 is 5.52. The smallest absolute Gasteiger partial charge is 0.405 e. The summed E-state index contributed by atoms with van der Waals surface area (Å²) in [6.45, 7) is 1.03. The average molecular weight is 267 g/mol. The Morgan fingerprint density at radius 2 is 2.00 bits per heavy atom. The van der Waals surface area contributed by atoms with Gasteiger partial charge in [-0.25, -0.2) is 0 Å². The number of carbonyl (C=O) groups excluding carboxylic acids is 2. The molecule has 7 heteroatoms. The molecule has 92 valence electrons. The topological polar surface area (TPSA) is 43.4 Å². The second-order valence-electron chi connectivity index (χ2n) is 3.09. The van der Waals surface area contributed by atoms with Gasteiger partial charge in [0.05, 0.1) is 5.56 Å². The van der Waals surface area contributed by atoms with Gasteiger partial charge >= 0.3 is 6.36 Å². The van der Waals surface area contributed by atoms with Gasteiger partial charge in [-0.3, -0.25) is 9.59 Å². The lowest BCUT2D eigenvalue weighted by atomic mass is 10.0. The number of ketones is 1. The maximum absolute atomic E-state index is 12.1. The number of hydrogen-bond donors (Lipinski definition) is 0. The summed E-state index contributed by atoms with van der Waals surface area (Å²) in [6.07, 6.45) is -4.72. The molecule has 17 heavy (non-hydrogen) atoms. The summed E-state index contributed by atoms with van der Waals surface area (Å²) in [5.74, 6) is -1.50. The van der Waals surface area contributed by atoms with E-state index in [0.29, 0.717) is 0 Å². The summed E-state index contributed by atoms with van der Waals surface area (Å²) < 4.78 is 39.9. The van der Waals surface area contributed by atoms with E-state index in [4.69, 9.17) is 11.6 Å². The van der Waals surface area contributed by atoms with Crippen LogP contribution in [0.5, 0.6) is 5.75 Å². The van der Waals surface area contributed by atoms with Crippen molar-refractivity contribution < 1.29 is 27.5 Å². The summed E-state index contributed by atoms with van der Waals surface area (Å²) in [5.41, 5.74) is -0.689. The van der Waals surface area contributed by atoms with Crippen molar-refractivity contribution >= 4 is 23.7 Å². The molecule has 0 unspecified atom stereocenters. The molecule has 0 aliphatic heterocycles. The second kappa shape index (κ2) is 4.75. The molecule has 3 nitrogen and oxygen atoms in total. The minimum Gasteiger partial charge on any atom is -0.405 e. The molecular formula is C10H6ClF3O3. The number of benzene rings is 1. The van der Waals surface area contributed by atoms with Crippen LogP contribution >= 0.6 is 11.6 Å². The number of alkyl halides is 3. The Kier molecular flexibility index (Phi) is 3.77. The molecule has 0 aromatic heterocycles. The third-order valence-electron chi connectivity index (χ3n) is 1.80. The molecule has 0 saturated heterocycles. The van der Waals surface area contributed by atoms with Gasteiger partial charge in [-0.05, 0) is 19.1 Å². The highest BCUT2D eigenvalue weighted by molar-refractivity contribution is 6.31. The Morgan fingerprint density at radius 1 is 1.41 bits per heavy atom. The van der Waals surface area contributed by atoms with E-state index in [2.05, 4.69) is 4.74 Å². The number of aldehydes is 1. The highest BCUT2D eigenvalue weighted by Gasteiger charge is 2.33. The Bertz CT molecular complexity index is 469. The fraction of sp³-hybridized carbons (Fsp3) is 0.200. The molecule has 0 radical (unpaired) electrons. The predicted molar refractivity (Wildman–Crippen MR) is 53.5 cm³/mol. The lowest BCUT2D eigenvalue weighted by Crippen LogP contribution is -2.19. The maximum atomic E-state index is 12.1. The molecule has 0 amide bonds. The van der Waals surface area contributed by atoms with Gasteiger partial charge in [-0.15, -0.1) is 13.2 Å². The Labute approximate surface area is 99.1 Å². The summed E-state index contributed by atoms with van der Waals surface area (Å²) in [5, 5.41) is -0.128. The van der Waals surface area contributed by atoms with Gasteiger partial charge in [0.25, 0.3) is 0 Å². The first kappa shape index (κ1) is 13.5. The number of hydrogen-bond acceptors (Lipinski definition) is 3. The van der Waals surface area contributed by atoms with Crippen molar-refractivity contribution in [1.82, 2.24) is 0 Å². The van der Waals surface area contributed by atoms with Crippen LogP contribution in [0.3, 0.4) is 0 Å². The van der Waals surface area contributed by atoms with Gasteiger partial charge in [0.15, 0.2) is 12.1 Å². The number of rotatable bonds is 3. The van der Waals surface area contributed by atoms with Crippen molar-refractivity contribution in [3.05, 3.63) is 28.3 Å². The lowest BCUT2D eigenvalue weighted by molar-refractivity contribution is -0.274. The molecule has 1 aromatic carbocycles. The van der Waals surface area contributed by atoms with Crippen LogP contribution < -0.4 is 4.74 Å². The van der Waals surface area contributed by atoms with E-state index in [0.717, 1.165) is 19.1 Å². The Hall–Kier alpha value is -1.56. The van der Waals surface area contributed by atoms with Crippen molar-refractivity contribution in [2.24, 2.45) is 0 Å². The van der Waals surface area contributed by atoms with Gasteiger partial charge in [-0.1, -0.05) is 11.6 Å². The molecule has 0 aliphatic rings. The van der Waals surface area contributed by atoms with Gasteiger partial charge in [-0.2, -0.15) is 0 Å². The minimum absolute atomic E-state index is 0.128. The van der Waals surface area contributed by atoms with E-state index >= 15 is 0 Å². The van der Waals surface area contributed by atoms with Gasteiger partial charge < -0.3 is 4.74 Å². The van der Waals surface area contributed by atoms with Crippen molar-refractivity contribution in [2.45, 2.75) is 13.3 Å². The van der Waals surface area contributed by atoms with Crippen molar-refractivity contribution in [3.63, 3.8) is 0 Å². The molecule has 1 rings (SSSR count). The molecule has 0 fully saturated rings. The largest absolute Gasteiger partial charge is 0.573 e. The minimum atomic E-state index is -4.96. The van der Waals surface area contributed by atoms with E-state index in [1.807, 2.05) is 0 Å². The molecule has 0 atom stereocenters. The van der Waals surface area contributed by atoms with Gasteiger partial charge in [0.2, 0.25) is 0 Å². The van der Waals surface area contributed by atoms with Crippen LogP contribution in [0.25, 0.3) is 0 Å². The first-order chi connectivity index (χ1) is 7.74. The van der Waals surface area contributed by atoms with Crippen LogP contribution in [-0.2, 0) is 0 Å². The van der Waals surface area contributed by atoms with E-state index in [1.54, 1.807) is 0 Å². The van der Waals surface area contributed by atoms with Crippen molar-refractivity contribution in [3.8, 4) is 5.75 Å². The third kappa shape index (κ3) is 3.45. The third-order valence-corrected chi connectivity index (χ3v) is 2.02. The number of carbonyl (C=O) groups is 2. The molecule has 0 heterocycles. The van der Waals surface area contributed by atoms with Crippen LogP contribution in [0.15, 0.2) is 12.1 Å². The van der Waals surface area contributed by atoms with Crippen molar-refractivity contribution in [2.75, 3.05) is 0 Å². The second-order valence-corrected chi connectivity index (χ2v) is 3.53. The summed E-state index contributed by atoms with van der Waals surface area (Å²) in [4.78, 5) is 21.8. The normalized spacial score (nSPS) is 11.1. The zero-order valence-corrected chi connectivity index (χ0v) is 9.22. The molecule has 0 spiro atoms. The van der Waals surface area contributed by atoms with Crippen LogP contribution in [0.4, 0.5) is 13.2 Å². The summed E-state index contributed by atoms with van der Waals surface area (Å²) in [6, 6.07) is 1.92. The first-order valence-corrected chi connectivity index (χ1v) is 4.68. The van der Waals surface area contributed by atoms with Gasteiger partial charge in [0.1, 0.15) is 5.75 Å². The first-order valence-electron chi connectivity index (χ1n) is 4.30. The highest BCUT2D eigenvalue weighted by Crippen LogP contribution is 2.31. The van der Waals surface area contributed by atoms with E-state index in [-0.39, 0.29) is 16.9 Å². The summed E-state index contributed by atoms with van der Waals surface area (Å²) in [7, 11) is 0.